The second-order valence-corrected chi connectivity index (χ2v) is 8.21. The standard InChI is InChI=1S/C24H32N2O6/c1-3-31-23(29)19-9-13-25(14-10-19)21(27)17-5-7-18(8-6-17)22(28)26-15-11-20(12-16-26)24(30)32-4-2/h5-8,19-20H,3-4,9-16H2,1-2H3. The molecule has 2 aliphatic rings. The van der Waals surface area contributed by atoms with Crippen LogP contribution in [0.4, 0.5) is 0 Å². The molecule has 0 atom stereocenters. The summed E-state index contributed by atoms with van der Waals surface area (Å²) < 4.78 is 10.1. The highest BCUT2D eigenvalue weighted by atomic mass is 16.5. The van der Waals surface area contributed by atoms with Gasteiger partial charge in [0.25, 0.3) is 11.8 Å². The molecule has 0 unspecified atom stereocenters. The first-order chi connectivity index (χ1) is 15.4. The van der Waals surface area contributed by atoms with Crippen LogP contribution in [0.15, 0.2) is 24.3 Å². The van der Waals surface area contributed by atoms with E-state index in [0.29, 0.717) is 76.2 Å². The van der Waals surface area contributed by atoms with Gasteiger partial charge in [-0.05, 0) is 63.8 Å². The lowest BCUT2D eigenvalue weighted by atomic mass is 9.96. The van der Waals surface area contributed by atoms with Gasteiger partial charge in [0.1, 0.15) is 0 Å². The predicted octanol–water partition coefficient (Wildman–Crippen LogP) is 2.52. The first-order valence-electron chi connectivity index (χ1n) is 11.5. The average molecular weight is 445 g/mol. The van der Waals surface area contributed by atoms with E-state index in [1.807, 2.05) is 0 Å². The molecule has 0 N–H and O–H groups in total. The largest absolute Gasteiger partial charge is 0.466 e. The van der Waals surface area contributed by atoms with E-state index < -0.39 is 0 Å². The lowest BCUT2D eigenvalue weighted by Crippen LogP contribution is -2.41. The molecule has 8 heteroatoms. The minimum absolute atomic E-state index is 0.0958. The zero-order chi connectivity index (χ0) is 23.1. The number of rotatable bonds is 6. The van der Waals surface area contributed by atoms with E-state index in [9.17, 15) is 19.2 Å². The van der Waals surface area contributed by atoms with Crippen LogP contribution in [-0.4, -0.2) is 72.9 Å². The van der Waals surface area contributed by atoms with Gasteiger partial charge in [0.05, 0.1) is 25.0 Å². The van der Waals surface area contributed by atoms with Crippen LogP contribution in [0.1, 0.15) is 60.2 Å². The number of ether oxygens (including phenoxy) is 2. The Morgan fingerprint density at radius 1 is 0.688 bits per heavy atom. The zero-order valence-electron chi connectivity index (χ0n) is 18.9. The Morgan fingerprint density at radius 2 is 1.00 bits per heavy atom. The second-order valence-electron chi connectivity index (χ2n) is 8.21. The molecule has 0 aliphatic carbocycles. The van der Waals surface area contributed by atoms with Crippen molar-refractivity contribution in [3.05, 3.63) is 35.4 Å². The molecule has 3 rings (SSSR count). The van der Waals surface area contributed by atoms with Gasteiger partial charge >= 0.3 is 11.9 Å². The number of carbonyl (C=O) groups is 4. The molecule has 174 valence electrons. The van der Waals surface area contributed by atoms with E-state index >= 15 is 0 Å². The van der Waals surface area contributed by atoms with Crippen molar-refractivity contribution in [2.45, 2.75) is 39.5 Å². The maximum Gasteiger partial charge on any atom is 0.309 e. The summed E-state index contributed by atoms with van der Waals surface area (Å²) in [5, 5.41) is 0. The average Bonchev–Trinajstić information content (AvgIpc) is 2.84. The SMILES string of the molecule is CCOC(=O)C1CCN(C(=O)c2ccc(C(=O)N3CCC(C(=O)OCC)CC3)cc2)CC1. The molecule has 0 spiro atoms. The van der Waals surface area contributed by atoms with Crippen LogP contribution in [0.2, 0.25) is 0 Å². The third-order valence-electron chi connectivity index (χ3n) is 6.18. The molecule has 2 amide bonds. The molecule has 8 nitrogen and oxygen atoms in total. The van der Waals surface area contributed by atoms with E-state index in [0.717, 1.165) is 0 Å². The second kappa shape index (κ2) is 11.1. The number of hydrogen-bond donors (Lipinski definition) is 0. The van der Waals surface area contributed by atoms with Crippen LogP contribution < -0.4 is 0 Å². The first kappa shape index (κ1) is 23.8. The fourth-order valence-electron chi connectivity index (χ4n) is 4.28. The number of carbonyl (C=O) groups excluding carboxylic acids is 4. The molecular formula is C24H32N2O6. The molecule has 0 bridgehead atoms. The van der Waals surface area contributed by atoms with Crippen molar-refractivity contribution in [1.29, 1.82) is 0 Å². The Hall–Kier alpha value is -2.90. The Balaban J connectivity index is 1.52. The lowest BCUT2D eigenvalue weighted by molar-refractivity contribution is -0.150. The Morgan fingerprint density at radius 3 is 1.28 bits per heavy atom. The number of piperidine rings is 2. The van der Waals surface area contributed by atoms with Crippen LogP contribution in [0.3, 0.4) is 0 Å². The van der Waals surface area contributed by atoms with Crippen molar-refractivity contribution in [3.8, 4) is 0 Å². The fourth-order valence-corrected chi connectivity index (χ4v) is 4.28. The number of nitrogens with zero attached hydrogens (tertiary/aromatic N) is 2. The summed E-state index contributed by atoms with van der Waals surface area (Å²) in [4.78, 5) is 52.8. The topological polar surface area (TPSA) is 93.2 Å². The predicted molar refractivity (Wildman–Crippen MR) is 117 cm³/mol. The highest BCUT2D eigenvalue weighted by Crippen LogP contribution is 2.22. The molecule has 0 aromatic heterocycles. The number of hydrogen-bond acceptors (Lipinski definition) is 6. The van der Waals surface area contributed by atoms with Gasteiger partial charge in [-0.25, -0.2) is 0 Å². The fraction of sp³-hybridized carbons (Fsp3) is 0.583. The normalized spacial score (nSPS) is 17.7. The molecule has 1 aromatic rings. The molecular weight excluding hydrogens is 412 g/mol. The summed E-state index contributed by atoms with van der Waals surface area (Å²) in [7, 11) is 0. The Kier molecular flexibility index (Phi) is 8.25. The third-order valence-corrected chi connectivity index (χ3v) is 6.18. The molecule has 2 saturated heterocycles. The molecule has 0 radical (unpaired) electrons. The van der Waals surface area contributed by atoms with Gasteiger partial charge in [-0.3, -0.25) is 19.2 Å². The molecule has 1 aromatic carbocycles. The highest BCUT2D eigenvalue weighted by molar-refractivity contribution is 5.98. The summed E-state index contributed by atoms with van der Waals surface area (Å²) in [5.41, 5.74) is 1.05. The van der Waals surface area contributed by atoms with Crippen molar-refractivity contribution in [1.82, 2.24) is 9.80 Å². The Labute approximate surface area is 188 Å². The van der Waals surface area contributed by atoms with Crippen LogP contribution in [0.5, 0.6) is 0 Å². The zero-order valence-corrected chi connectivity index (χ0v) is 18.9. The molecule has 0 saturated carbocycles. The van der Waals surface area contributed by atoms with Gasteiger partial charge < -0.3 is 19.3 Å². The van der Waals surface area contributed by atoms with Gasteiger partial charge in [0.2, 0.25) is 0 Å². The summed E-state index contributed by atoms with van der Waals surface area (Å²) >= 11 is 0. The quantitative estimate of drug-likeness (QED) is 0.626. The van der Waals surface area contributed by atoms with E-state index in [1.54, 1.807) is 47.9 Å². The molecule has 32 heavy (non-hydrogen) atoms. The summed E-state index contributed by atoms with van der Waals surface area (Å²) in [6, 6.07) is 6.72. The van der Waals surface area contributed by atoms with Gasteiger partial charge in [-0.15, -0.1) is 0 Å². The third kappa shape index (κ3) is 5.66. The number of likely N-dealkylation sites (tertiary alicyclic amines) is 2. The minimum atomic E-state index is -0.186. The minimum Gasteiger partial charge on any atom is -0.466 e. The van der Waals surface area contributed by atoms with Crippen LogP contribution in [-0.2, 0) is 19.1 Å². The molecule has 2 heterocycles. The Bertz CT molecular complexity index is 752. The van der Waals surface area contributed by atoms with Crippen LogP contribution in [0.25, 0.3) is 0 Å². The van der Waals surface area contributed by atoms with Gasteiger partial charge in [0.15, 0.2) is 0 Å². The summed E-state index contributed by atoms with van der Waals surface area (Å²) in [6.07, 6.45) is 2.40. The van der Waals surface area contributed by atoms with Crippen LogP contribution >= 0.6 is 0 Å². The van der Waals surface area contributed by atoms with E-state index in [1.165, 1.54) is 0 Å². The summed E-state index contributed by atoms with van der Waals surface area (Å²) in [5.74, 6) is -0.857. The number of benzene rings is 1. The van der Waals surface area contributed by atoms with Crippen LogP contribution in [0, 0.1) is 11.8 Å². The number of esters is 2. The van der Waals surface area contributed by atoms with E-state index in [-0.39, 0.29) is 35.6 Å². The maximum atomic E-state index is 12.8. The molecule has 2 aliphatic heterocycles. The lowest BCUT2D eigenvalue weighted by Gasteiger charge is -2.31. The van der Waals surface area contributed by atoms with Gasteiger partial charge in [0, 0.05) is 37.3 Å². The maximum absolute atomic E-state index is 12.8. The van der Waals surface area contributed by atoms with Crippen molar-refractivity contribution in [2.24, 2.45) is 11.8 Å². The van der Waals surface area contributed by atoms with E-state index in [4.69, 9.17) is 9.47 Å². The summed E-state index contributed by atoms with van der Waals surface area (Å²) in [6.45, 7) is 6.36. The monoisotopic (exact) mass is 444 g/mol. The van der Waals surface area contributed by atoms with E-state index in [2.05, 4.69) is 0 Å². The number of amides is 2. The van der Waals surface area contributed by atoms with Gasteiger partial charge in [-0.1, -0.05) is 0 Å². The first-order valence-corrected chi connectivity index (χ1v) is 11.5. The smallest absolute Gasteiger partial charge is 0.309 e. The van der Waals surface area contributed by atoms with Gasteiger partial charge in [-0.2, -0.15) is 0 Å². The van der Waals surface area contributed by atoms with Crippen molar-refractivity contribution >= 4 is 23.8 Å². The highest BCUT2D eigenvalue weighted by Gasteiger charge is 2.30. The van der Waals surface area contributed by atoms with Crippen molar-refractivity contribution < 1.29 is 28.7 Å². The molecule has 2 fully saturated rings. The van der Waals surface area contributed by atoms with Crippen molar-refractivity contribution in [3.63, 3.8) is 0 Å². The van der Waals surface area contributed by atoms with Crippen molar-refractivity contribution in [2.75, 3.05) is 39.4 Å².